The number of fused-ring (bicyclic) bond motifs is 5. The highest BCUT2D eigenvalue weighted by Gasteiger charge is 2.62. The number of piperidine rings is 1. The third-order valence-electron chi connectivity index (χ3n) is 12.1. The van der Waals surface area contributed by atoms with E-state index in [2.05, 4.69) is 89.7 Å². The van der Waals surface area contributed by atoms with Crippen molar-refractivity contribution in [3.8, 4) is 12.3 Å². The molecule has 0 aromatic heterocycles. The summed E-state index contributed by atoms with van der Waals surface area (Å²) in [6.07, 6.45) is 13.2. The number of nitrogens with zero attached hydrogens (tertiary/aromatic N) is 1. The molecule has 1 aromatic carbocycles. The lowest BCUT2D eigenvalue weighted by molar-refractivity contribution is -0.156. The maximum atomic E-state index is 14.2. The third kappa shape index (κ3) is 5.30. The van der Waals surface area contributed by atoms with Crippen LogP contribution in [0.25, 0.3) is 0 Å². The van der Waals surface area contributed by atoms with Gasteiger partial charge >= 0.3 is 0 Å². The van der Waals surface area contributed by atoms with E-state index in [1.165, 1.54) is 17.5 Å². The highest BCUT2D eigenvalue weighted by molar-refractivity contribution is 5.94. The molecule has 41 heavy (non-hydrogen) atoms. The van der Waals surface area contributed by atoms with Gasteiger partial charge in [0.2, 0.25) is 5.91 Å². The van der Waals surface area contributed by atoms with Gasteiger partial charge in [0.1, 0.15) is 5.78 Å². The van der Waals surface area contributed by atoms with Gasteiger partial charge in [-0.3, -0.25) is 14.5 Å². The van der Waals surface area contributed by atoms with E-state index in [1.807, 2.05) is 0 Å². The molecule has 1 amide bonds. The Balaban J connectivity index is 1.42. The van der Waals surface area contributed by atoms with Gasteiger partial charge in [0.05, 0.1) is 0 Å². The van der Waals surface area contributed by atoms with Crippen LogP contribution >= 0.6 is 0 Å². The average Bonchev–Trinajstić information content (AvgIpc) is 3.24. The van der Waals surface area contributed by atoms with E-state index in [-0.39, 0.29) is 33.5 Å². The molecule has 0 radical (unpaired) electrons. The SMILES string of the molecule is C#CCCN1CC2C3CCC(C(=O)Nc4cc(C(C)(C)C)ccc4C(C)(C)C)[C@@]3(C)CCC2[C@@]2(C)CCC(=O)CC12. The molecule has 4 heteroatoms. The Bertz CT molecular complexity index is 1230. The first-order valence-electron chi connectivity index (χ1n) is 16.2. The summed E-state index contributed by atoms with van der Waals surface area (Å²) in [5.74, 6) is 5.22. The van der Waals surface area contributed by atoms with Crippen molar-refractivity contribution in [1.82, 2.24) is 4.90 Å². The molecular formula is C37H54N2O2. The van der Waals surface area contributed by atoms with Gasteiger partial charge in [0.15, 0.2) is 0 Å². The van der Waals surface area contributed by atoms with Crippen LogP contribution in [0.5, 0.6) is 0 Å². The number of ketones is 1. The van der Waals surface area contributed by atoms with Crippen LogP contribution in [-0.4, -0.2) is 35.7 Å². The first kappa shape index (κ1) is 30.3. The summed E-state index contributed by atoms with van der Waals surface area (Å²) in [5, 5.41) is 3.49. The number of amides is 1. The van der Waals surface area contributed by atoms with Crippen LogP contribution in [0.3, 0.4) is 0 Å². The second kappa shape index (κ2) is 10.6. The van der Waals surface area contributed by atoms with Crippen molar-refractivity contribution in [2.75, 3.05) is 18.4 Å². The number of carbonyl (C=O) groups excluding carboxylic acids is 2. The molecule has 0 bridgehead atoms. The Morgan fingerprint density at radius 2 is 1.73 bits per heavy atom. The standard InChI is InChI=1S/C37H54N2O2/c1-10-11-20-39-23-26-27-14-15-30(36(27,8)19-17-28(26)37(9)18-16-25(40)22-32(37)39)33(41)38-31-21-24(34(2,3)4)12-13-29(31)35(5,6)7/h1,12-13,21,26-28,30,32H,11,14-20,22-23H2,2-9H3,(H,38,41)/t26?,27?,28?,30?,32?,36-,37+/m0/s1. The van der Waals surface area contributed by atoms with Crippen molar-refractivity contribution in [2.45, 2.75) is 124 Å². The Morgan fingerprint density at radius 3 is 2.39 bits per heavy atom. The minimum Gasteiger partial charge on any atom is -0.326 e. The van der Waals surface area contributed by atoms with Crippen molar-refractivity contribution in [2.24, 2.45) is 34.5 Å². The number of nitrogens with one attached hydrogen (secondary N) is 1. The molecule has 5 unspecified atom stereocenters. The Morgan fingerprint density at radius 1 is 1.02 bits per heavy atom. The molecule has 4 nitrogen and oxygen atoms in total. The van der Waals surface area contributed by atoms with Gasteiger partial charge in [-0.2, -0.15) is 0 Å². The zero-order chi connectivity index (χ0) is 30.0. The van der Waals surface area contributed by atoms with E-state index in [4.69, 9.17) is 6.42 Å². The lowest BCUT2D eigenvalue weighted by Crippen LogP contribution is -2.64. The highest BCUT2D eigenvalue weighted by atomic mass is 16.2. The van der Waals surface area contributed by atoms with Crippen LogP contribution in [0, 0.1) is 46.8 Å². The van der Waals surface area contributed by atoms with Crippen molar-refractivity contribution < 1.29 is 9.59 Å². The molecule has 1 aromatic rings. The summed E-state index contributed by atoms with van der Waals surface area (Å²) in [6, 6.07) is 6.99. The van der Waals surface area contributed by atoms with Crippen molar-refractivity contribution in [1.29, 1.82) is 0 Å². The molecule has 1 N–H and O–H groups in total. The summed E-state index contributed by atoms with van der Waals surface area (Å²) in [6.45, 7) is 20.2. The minimum absolute atomic E-state index is 0.000252. The quantitative estimate of drug-likeness (QED) is 0.385. The van der Waals surface area contributed by atoms with Crippen LogP contribution < -0.4 is 5.32 Å². The summed E-state index contributed by atoms with van der Waals surface area (Å²) < 4.78 is 0. The molecule has 0 spiro atoms. The first-order chi connectivity index (χ1) is 19.1. The number of carbonyl (C=O) groups is 2. The zero-order valence-electron chi connectivity index (χ0n) is 27.0. The van der Waals surface area contributed by atoms with Crippen LogP contribution in [0.1, 0.15) is 118 Å². The highest BCUT2D eigenvalue weighted by Crippen LogP contribution is 2.65. The van der Waals surface area contributed by atoms with E-state index >= 15 is 0 Å². The average molecular weight is 559 g/mol. The number of likely N-dealkylation sites (tertiary alicyclic amines) is 1. The molecule has 3 saturated carbocycles. The number of rotatable bonds is 4. The number of benzene rings is 1. The maximum Gasteiger partial charge on any atom is 0.228 e. The Labute approximate surface area is 249 Å². The van der Waals surface area contributed by atoms with E-state index < -0.39 is 0 Å². The zero-order valence-corrected chi connectivity index (χ0v) is 27.0. The molecule has 4 fully saturated rings. The number of Topliss-reactive ketones (excluding diaryl/α,β-unsaturated/α-hetero) is 1. The molecule has 1 aliphatic heterocycles. The lowest BCUT2D eigenvalue weighted by atomic mass is 9.48. The smallest absolute Gasteiger partial charge is 0.228 e. The Hall–Kier alpha value is -2.12. The fourth-order valence-corrected chi connectivity index (χ4v) is 9.74. The van der Waals surface area contributed by atoms with Gasteiger partial charge in [0, 0.05) is 50.0 Å². The first-order valence-corrected chi connectivity index (χ1v) is 16.2. The molecule has 4 aliphatic rings. The van der Waals surface area contributed by atoms with Gasteiger partial charge in [-0.15, -0.1) is 12.3 Å². The summed E-state index contributed by atoms with van der Waals surface area (Å²) in [7, 11) is 0. The number of terminal acetylenes is 1. The second-order valence-electron chi connectivity index (χ2n) is 16.5. The summed E-state index contributed by atoms with van der Waals surface area (Å²) in [5.41, 5.74) is 3.54. The number of hydrogen-bond acceptors (Lipinski definition) is 3. The molecule has 224 valence electrons. The lowest BCUT2D eigenvalue weighted by Gasteiger charge is -2.63. The van der Waals surface area contributed by atoms with Gasteiger partial charge < -0.3 is 5.32 Å². The van der Waals surface area contributed by atoms with Gasteiger partial charge in [-0.1, -0.05) is 67.5 Å². The maximum absolute atomic E-state index is 14.2. The molecule has 7 atom stereocenters. The fourth-order valence-electron chi connectivity index (χ4n) is 9.74. The normalized spacial score (nSPS) is 35.7. The monoisotopic (exact) mass is 558 g/mol. The predicted octanol–water partition coefficient (Wildman–Crippen LogP) is 7.75. The van der Waals surface area contributed by atoms with Crippen molar-refractivity contribution in [3.63, 3.8) is 0 Å². The topological polar surface area (TPSA) is 49.4 Å². The van der Waals surface area contributed by atoms with Crippen LogP contribution in [0.2, 0.25) is 0 Å². The number of anilines is 1. The molecule has 1 saturated heterocycles. The van der Waals surface area contributed by atoms with Gasteiger partial charge in [-0.25, -0.2) is 0 Å². The van der Waals surface area contributed by atoms with E-state index in [0.29, 0.717) is 36.0 Å². The van der Waals surface area contributed by atoms with Crippen LogP contribution in [0.15, 0.2) is 18.2 Å². The largest absolute Gasteiger partial charge is 0.326 e. The molecule has 1 heterocycles. The Kier molecular flexibility index (Phi) is 7.81. The van der Waals surface area contributed by atoms with Gasteiger partial charge in [-0.05, 0) is 88.7 Å². The second-order valence-corrected chi connectivity index (χ2v) is 16.5. The third-order valence-corrected chi connectivity index (χ3v) is 12.1. The van der Waals surface area contributed by atoms with Crippen LogP contribution in [-0.2, 0) is 20.4 Å². The van der Waals surface area contributed by atoms with E-state index in [9.17, 15) is 9.59 Å². The molecular weight excluding hydrogens is 504 g/mol. The van der Waals surface area contributed by atoms with E-state index in [0.717, 1.165) is 57.3 Å². The number of hydrogen-bond donors (Lipinski definition) is 1. The van der Waals surface area contributed by atoms with Gasteiger partial charge in [0.25, 0.3) is 0 Å². The summed E-state index contributed by atoms with van der Waals surface area (Å²) >= 11 is 0. The van der Waals surface area contributed by atoms with Crippen LogP contribution in [0.4, 0.5) is 5.69 Å². The van der Waals surface area contributed by atoms with Crippen molar-refractivity contribution in [3.05, 3.63) is 29.3 Å². The van der Waals surface area contributed by atoms with E-state index in [1.54, 1.807) is 0 Å². The molecule has 5 rings (SSSR count). The molecule has 3 aliphatic carbocycles. The van der Waals surface area contributed by atoms with Crippen molar-refractivity contribution >= 4 is 17.4 Å². The summed E-state index contributed by atoms with van der Waals surface area (Å²) in [4.78, 5) is 29.4. The predicted molar refractivity (Wildman–Crippen MR) is 169 cm³/mol. The minimum atomic E-state index is -0.0590. The fraction of sp³-hybridized carbons (Fsp3) is 0.730.